The highest BCUT2D eigenvalue weighted by Crippen LogP contribution is 2.30. The molecule has 0 radical (unpaired) electrons. The zero-order valence-corrected chi connectivity index (χ0v) is 11.7. The van der Waals surface area contributed by atoms with Gasteiger partial charge < -0.3 is 10.1 Å². The van der Waals surface area contributed by atoms with E-state index in [1.165, 1.54) is 0 Å². The first-order chi connectivity index (χ1) is 9.26. The molecule has 0 aliphatic rings. The number of methoxy groups -OCH3 is 1. The summed E-state index contributed by atoms with van der Waals surface area (Å²) in [5, 5.41) is 4.02. The average molecular weight is 278 g/mol. The SMILES string of the molecule is CCNC(c1ncccn1)c1cc(Cl)ccc1OC. The van der Waals surface area contributed by atoms with Gasteiger partial charge in [-0.25, -0.2) is 9.97 Å². The summed E-state index contributed by atoms with van der Waals surface area (Å²) in [4.78, 5) is 8.61. The minimum atomic E-state index is -0.139. The van der Waals surface area contributed by atoms with E-state index < -0.39 is 0 Å². The Morgan fingerprint density at radius 1 is 1.32 bits per heavy atom. The largest absolute Gasteiger partial charge is 0.496 e. The van der Waals surface area contributed by atoms with Gasteiger partial charge in [-0.3, -0.25) is 0 Å². The number of ether oxygens (including phenoxy) is 1. The number of benzene rings is 1. The van der Waals surface area contributed by atoms with Crippen molar-refractivity contribution in [3.8, 4) is 5.75 Å². The second-order valence-electron chi connectivity index (χ2n) is 3.98. The summed E-state index contributed by atoms with van der Waals surface area (Å²) in [7, 11) is 1.64. The molecule has 1 atom stereocenters. The van der Waals surface area contributed by atoms with Gasteiger partial charge in [-0.05, 0) is 30.8 Å². The van der Waals surface area contributed by atoms with E-state index in [1.54, 1.807) is 31.6 Å². The highest BCUT2D eigenvalue weighted by atomic mass is 35.5. The number of aromatic nitrogens is 2. The van der Waals surface area contributed by atoms with E-state index in [1.807, 2.05) is 19.1 Å². The van der Waals surface area contributed by atoms with Gasteiger partial charge in [0.1, 0.15) is 11.6 Å². The normalized spacial score (nSPS) is 12.2. The van der Waals surface area contributed by atoms with Crippen molar-refractivity contribution in [2.24, 2.45) is 0 Å². The van der Waals surface area contributed by atoms with Gasteiger partial charge in [-0.2, -0.15) is 0 Å². The van der Waals surface area contributed by atoms with E-state index in [0.717, 1.165) is 17.9 Å². The van der Waals surface area contributed by atoms with Crippen molar-refractivity contribution in [1.29, 1.82) is 0 Å². The van der Waals surface area contributed by atoms with Crippen molar-refractivity contribution >= 4 is 11.6 Å². The van der Waals surface area contributed by atoms with Crippen LogP contribution in [0.5, 0.6) is 5.75 Å². The number of nitrogens with zero attached hydrogens (tertiary/aromatic N) is 2. The van der Waals surface area contributed by atoms with E-state index >= 15 is 0 Å². The maximum atomic E-state index is 6.08. The van der Waals surface area contributed by atoms with Crippen LogP contribution in [0.1, 0.15) is 24.4 Å². The summed E-state index contributed by atoms with van der Waals surface area (Å²) in [5.41, 5.74) is 0.933. The lowest BCUT2D eigenvalue weighted by molar-refractivity contribution is 0.403. The predicted molar refractivity (Wildman–Crippen MR) is 75.6 cm³/mol. The maximum Gasteiger partial charge on any atom is 0.149 e. The minimum absolute atomic E-state index is 0.139. The third kappa shape index (κ3) is 3.22. The maximum absolute atomic E-state index is 6.08. The molecule has 5 heteroatoms. The van der Waals surface area contributed by atoms with Gasteiger partial charge in [-0.1, -0.05) is 18.5 Å². The predicted octanol–water partition coefficient (Wildman–Crippen LogP) is 2.84. The van der Waals surface area contributed by atoms with E-state index in [9.17, 15) is 0 Å². The van der Waals surface area contributed by atoms with Crippen LogP contribution < -0.4 is 10.1 Å². The van der Waals surface area contributed by atoms with Crippen molar-refractivity contribution in [3.63, 3.8) is 0 Å². The van der Waals surface area contributed by atoms with Crippen molar-refractivity contribution in [1.82, 2.24) is 15.3 Å². The second kappa shape index (κ2) is 6.50. The average Bonchev–Trinajstić information content (AvgIpc) is 2.45. The molecule has 0 spiro atoms. The fourth-order valence-electron chi connectivity index (χ4n) is 1.93. The first kappa shape index (κ1) is 13.8. The topological polar surface area (TPSA) is 47.0 Å². The Hall–Kier alpha value is -1.65. The molecule has 19 heavy (non-hydrogen) atoms. The molecule has 2 rings (SSSR count). The van der Waals surface area contributed by atoms with Crippen LogP contribution in [0.15, 0.2) is 36.7 Å². The number of rotatable bonds is 5. The van der Waals surface area contributed by atoms with Crippen molar-refractivity contribution in [3.05, 3.63) is 53.1 Å². The fraction of sp³-hybridized carbons (Fsp3) is 0.286. The fourth-order valence-corrected chi connectivity index (χ4v) is 2.12. The number of hydrogen-bond acceptors (Lipinski definition) is 4. The molecular weight excluding hydrogens is 262 g/mol. The van der Waals surface area contributed by atoms with Crippen LogP contribution in [0, 0.1) is 0 Å². The van der Waals surface area contributed by atoms with E-state index in [0.29, 0.717) is 10.8 Å². The highest BCUT2D eigenvalue weighted by molar-refractivity contribution is 6.30. The Morgan fingerprint density at radius 3 is 2.68 bits per heavy atom. The van der Waals surface area contributed by atoms with E-state index in [2.05, 4.69) is 15.3 Å². The van der Waals surface area contributed by atoms with Crippen LogP contribution in [0.25, 0.3) is 0 Å². The number of hydrogen-bond donors (Lipinski definition) is 1. The summed E-state index contributed by atoms with van der Waals surface area (Å²) < 4.78 is 5.39. The van der Waals surface area contributed by atoms with Crippen LogP contribution in [0.2, 0.25) is 5.02 Å². The molecule has 4 nitrogen and oxygen atoms in total. The molecule has 0 bridgehead atoms. The van der Waals surface area contributed by atoms with E-state index in [-0.39, 0.29) is 6.04 Å². The van der Waals surface area contributed by atoms with Crippen LogP contribution in [-0.4, -0.2) is 23.6 Å². The molecule has 0 amide bonds. The summed E-state index contributed by atoms with van der Waals surface area (Å²) in [6.45, 7) is 2.82. The Labute approximate surface area is 117 Å². The van der Waals surface area contributed by atoms with Crippen LogP contribution >= 0.6 is 11.6 Å². The number of nitrogens with one attached hydrogen (secondary N) is 1. The van der Waals surface area contributed by atoms with Crippen molar-refractivity contribution in [2.75, 3.05) is 13.7 Å². The summed E-state index contributed by atoms with van der Waals surface area (Å²) in [6, 6.07) is 7.19. The van der Waals surface area contributed by atoms with E-state index in [4.69, 9.17) is 16.3 Å². The monoisotopic (exact) mass is 277 g/mol. The molecule has 2 aromatic rings. The van der Waals surface area contributed by atoms with Gasteiger partial charge >= 0.3 is 0 Å². The van der Waals surface area contributed by atoms with Gasteiger partial charge in [0.05, 0.1) is 13.2 Å². The molecular formula is C14H16ClN3O. The quantitative estimate of drug-likeness (QED) is 0.913. The molecule has 0 fully saturated rings. The van der Waals surface area contributed by atoms with Crippen molar-refractivity contribution in [2.45, 2.75) is 13.0 Å². The molecule has 1 aromatic carbocycles. The Bertz CT molecular complexity index is 533. The van der Waals surface area contributed by atoms with Gasteiger partial charge in [0.15, 0.2) is 0 Å². The van der Waals surface area contributed by atoms with Crippen LogP contribution in [-0.2, 0) is 0 Å². The van der Waals surface area contributed by atoms with Gasteiger partial charge in [0.25, 0.3) is 0 Å². The van der Waals surface area contributed by atoms with Gasteiger partial charge in [0.2, 0.25) is 0 Å². The molecule has 1 N–H and O–H groups in total. The summed E-state index contributed by atoms with van der Waals surface area (Å²) >= 11 is 6.08. The third-order valence-corrected chi connectivity index (χ3v) is 2.99. The molecule has 1 unspecified atom stereocenters. The van der Waals surface area contributed by atoms with Crippen LogP contribution in [0.3, 0.4) is 0 Å². The molecule has 0 saturated heterocycles. The smallest absolute Gasteiger partial charge is 0.149 e. The lowest BCUT2D eigenvalue weighted by atomic mass is 10.0. The molecule has 100 valence electrons. The van der Waals surface area contributed by atoms with Crippen LogP contribution in [0.4, 0.5) is 0 Å². The number of halogens is 1. The second-order valence-corrected chi connectivity index (χ2v) is 4.42. The standard InChI is InChI=1S/C14H16ClN3O/c1-3-16-13(14-17-7-4-8-18-14)11-9-10(15)5-6-12(11)19-2/h4-9,13,16H,3H2,1-2H3. The van der Waals surface area contributed by atoms with Gasteiger partial charge in [-0.15, -0.1) is 0 Å². The van der Waals surface area contributed by atoms with Crippen molar-refractivity contribution < 1.29 is 4.74 Å². The van der Waals surface area contributed by atoms with Gasteiger partial charge in [0, 0.05) is 23.0 Å². The summed E-state index contributed by atoms with van der Waals surface area (Å²) in [6.07, 6.45) is 3.45. The zero-order valence-electron chi connectivity index (χ0n) is 10.9. The Balaban J connectivity index is 2.47. The lowest BCUT2D eigenvalue weighted by Crippen LogP contribution is -2.24. The lowest BCUT2D eigenvalue weighted by Gasteiger charge is -2.19. The highest BCUT2D eigenvalue weighted by Gasteiger charge is 2.20. The molecule has 0 saturated carbocycles. The first-order valence-corrected chi connectivity index (χ1v) is 6.47. The first-order valence-electron chi connectivity index (χ1n) is 6.10. The molecule has 1 heterocycles. The molecule has 0 aliphatic heterocycles. The zero-order chi connectivity index (χ0) is 13.7. The molecule has 1 aromatic heterocycles. The summed E-state index contributed by atoms with van der Waals surface area (Å²) in [5.74, 6) is 1.47. The Morgan fingerprint density at radius 2 is 2.05 bits per heavy atom. The minimum Gasteiger partial charge on any atom is -0.496 e. The molecule has 0 aliphatic carbocycles. The third-order valence-electron chi connectivity index (χ3n) is 2.75. The Kier molecular flexibility index (Phi) is 4.71.